The third-order valence-electron chi connectivity index (χ3n) is 1.21. The van der Waals surface area contributed by atoms with Crippen LogP contribution < -0.4 is 0 Å². The van der Waals surface area contributed by atoms with E-state index in [1.807, 2.05) is 0 Å². The van der Waals surface area contributed by atoms with E-state index in [2.05, 4.69) is 0 Å². The molecule has 0 saturated heterocycles. The van der Waals surface area contributed by atoms with Gasteiger partial charge in [0.15, 0.2) is 11.5 Å². The van der Waals surface area contributed by atoms with Crippen LogP contribution in [0.3, 0.4) is 0 Å². The standard InChI is InChI=1S/C7H4Cl2O3/c8-6(10)4-2-1-3-5(12-4)7(9)11/h2-3H,1H2. The normalized spacial score (nSPS) is 15.8. The first kappa shape index (κ1) is 9.29. The Hall–Kier alpha value is -0.800. The Kier molecular flexibility index (Phi) is 2.89. The van der Waals surface area contributed by atoms with Gasteiger partial charge in [-0.3, -0.25) is 9.59 Å². The minimum absolute atomic E-state index is 0.0526. The van der Waals surface area contributed by atoms with Crippen molar-refractivity contribution in [3.05, 3.63) is 23.7 Å². The van der Waals surface area contributed by atoms with Crippen molar-refractivity contribution in [1.82, 2.24) is 0 Å². The molecule has 1 aliphatic heterocycles. The summed E-state index contributed by atoms with van der Waals surface area (Å²) in [4.78, 5) is 21.1. The minimum atomic E-state index is -0.737. The molecule has 0 amide bonds. The van der Waals surface area contributed by atoms with Crippen LogP contribution in [-0.4, -0.2) is 10.5 Å². The summed E-state index contributed by atoms with van der Waals surface area (Å²) < 4.78 is 4.77. The number of ether oxygens (including phenoxy) is 1. The first-order chi connectivity index (χ1) is 5.61. The number of allylic oxidation sites excluding steroid dienone is 4. The fraction of sp³-hybridized carbons (Fsp3) is 0.143. The zero-order chi connectivity index (χ0) is 9.14. The molecule has 0 bridgehead atoms. The Bertz CT molecular complexity index is 263. The van der Waals surface area contributed by atoms with Gasteiger partial charge in [0, 0.05) is 0 Å². The lowest BCUT2D eigenvalue weighted by molar-refractivity contribution is -0.113. The number of carbonyl (C=O) groups excluding carboxylic acids is 2. The molecule has 0 spiro atoms. The fourth-order valence-corrected chi connectivity index (χ4v) is 0.947. The van der Waals surface area contributed by atoms with E-state index >= 15 is 0 Å². The highest BCUT2D eigenvalue weighted by Crippen LogP contribution is 2.18. The lowest BCUT2D eigenvalue weighted by Gasteiger charge is -2.10. The highest BCUT2D eigenvalue weighted by molar-refractivity contribution is 6.68. The second kappa shape index (κ2) is 3.74. The first-order valence-electron chi connectivity index (χ1n) is 3.09. The SMILES string of the molecule is O=C(Cl)C1=CCC=C(C(=O)Cl)O1. The summed E-state index contributed by atoms with van der Waals surface area (Å²) in [6, 6.07) is 0. The number of hydrogen-bond acceptors (Lipinski definition) is 3. The Labute approximate surface area is 78.6 Å². The van der Waals surface area contributed by atoms with Gasteiger partial charge in [-0.2, -0.15) is 0 Å². The van der Waals surface area contributed by atoms with E-state index in [-0.39, 0.29) is 11.5 Å². The lowest BCUT2D eigenvalue weighted by Crippen LogP contribution is -2.07. The average molecular weight is 207 g/mol. The summed E-state index contributed by atoms with van der Waals surface area (Å²) in [6.45, 7) is 0. The van der Waals surface area contributed by atoms with Gasteiger partial charge in [0.2, 0.25) is 0 Å². The lowest BCUT2D eigenvalue weighted by atomic mass is 10.3. The van der Waals surface area contributed by atoms with E-state index in [9.17, 15) is 9.59 Å². The maximum absolute atomic E-state index is 10.6. The van der Waals surface area contributed by atoms with E-state index < -0.39 is 10.5 Å². The predicted octanol–water partition coefficient (Wildman–Crippen LogP) is 1.71. The quantitative estimate of drug-likeness (QED) is 0.647. The Morgan fingerprint density at radius 1 is 1.17 bits per heavy atom. The van der Waals surface area contributed by atoms with Gasteiger partial charge >= 0.3 is 0 Å². The second-order valence-electron chi connectivity index (χ2n) is 2.02. The number of rotatable bonds is 2. The van der Waals surface area contributed by atoms with Gasteiger partial charge in [0.1, 0.15) is 0 Å². The highest BCUT2D eigenvalue weighted by atomic mass is 35.5. The van der Waals surface area contributed by atoms with E-state index in [1.165, 1.54) is 12.2 Å². The zero-order valence-electron chi connectivity index (χ0n) is 5.84. The molecule has 12 heavy (non-hydrogen) atoms. The smallest absolute Gasteiger partial charge is 0.287 e. The average Bonchev–Trinajstić information content (AvgIpc) is 2.04. The van der Waals surface area contributed by atoms with Crippen molar-refractivity contribution in [2.24, 2.45) is 0 Å². The molecule has 0 radical (unpaired) electrons. The van der Waals surface area contributed by atoms with Crippen molar-refractivity contribution < 1.29 is 14.3 Å². The molecule has 1 rings (SSSR count). The van der Waals surface area contributed by atoms with Crippen molar-refractivity contribution in [2.75, 3.05) is 0 Å². The number of carbonyl (C=O) groups is 2. The summed E-state index contributed by atoms with van der Waals surface area (Å²) in [5.41, 5.74) is 0. The Morgan fingerprint density at radius 2 is 1.58 bits per heavy atom. The van der Waals surface area contributed by atoms with Crippen molar-refractivity contribution >= 4 is 33.7 Å². The maximum atomic E-state index is 10.6. The van der Waals surface area contributed by atoms with Crippen molar-refractivity contribution in [3.8, 4) is 0 Å². The molecule has 0 atom stereocenters. The monoisotopic (exact) mass is 206 g/mol. The summed E-state index contributed by atoms with van der Waals surface area (Å²) in [6.07, 6.45) is 3.36. The molecule has 0 aromatic carbocycles. The molecule has 0 aliphatic carbocycles. The van der Waals surface area contributed by atoms with Crippen LogP contribution in [0, 0.1) is 0 Å². The molecule has 64 valence electrons. The van der Waals surface area contributed by atoms with Gasteiger partial charge in [0.25, 0.3) is 10.5 Å². The van der Waals surface area contributed by atoms with E-state index in [0.29, 0.717) is 6.42 Å². The van der Waals surface area contributed by atoms with Crippen LogP contribution >= 0.6 is 23.2 Å². The fourth-order valence-electron chi connectivity index (χ4n) is 0.716. The van der Waals surface area contributed by atoms with Crippen LogP contribution in [0.1, 0.15) is 6.42 Å². The Balaban J connectivity index is 2.73. The van der Waals surface area contributed by atoms with Crippen LogP contribution in [0.2, 0.25) is 0 Å². The van der Waals surface area contributed by atoms with Crippen LogP contribution in [0.25, 0.3) is 0 Å². The van der Waals surface area contributed by atoms with Gasteiger partial charge in [-0.25, -0.2) is 0 Å². The van der Waals surface area contributed by atoms with Crippen LogP contribution in [0.5, 0.6) is 0 Å². The van der Waals surface area contributed by atoms with Gasteiger partial charge in [0.05, 0.1) is 0 Å². The van der Waals surface area contributed by atoms with Crippen LogP contribution in [0.15, 0.2) is 23.7 Å². The molecule has 0 unspecified atom stereocenters. The summed E-state index contributed by atoms with van der Waals surface area (Å²) >= 11 is 10.2. The van der Waals surface area contributed by atoms with Crippen molar-refractivity contribution in [3.63, 3.8) is 0 Å². The van der Waals surface area contributed by atoms with Crippen LogP contribution in [-0.2, 0) is 14.3 Å². The molecular weight excluding hydrogens is 203 g/mol. The van der Waals surface area contributed by atoms with E-state index in [0.717, 1.165) is 0 Å². The van der Waals surface area contributed by atoms with Crippen molar-refractivity contribution in [1.29, 1.82) is 0 Å². The molecule has 5 heteroatoms. The maximum Gasteiger partial charge on any atom is 0.287 e. The molecule has 0 fully saturated rings. The summed E-state index contributed by atoms with van der Waals surface area (Å²) in [5, 5.41) is -1.47. The van der Waals surface area contributed by atoms with Gasteiger partial charge in [-0.05, 0) is 41.8 Å². The molecular formula is C7H4Cl2O3. The second-order valence-corrected chi connectivity index (χ2v) is 2.71. The van der Waals surface area contributed by atoms with Crippen LogP contribution in [0.4, 0.5) is 0 Å². The molecule has 0 saturated carbocycles. The predicted molar refractivity (Wildman–Crippen MR) is 43.6 cm³/mol. The molecule has 1 heterocycles. The van der Waals surface area contributed by atoms with Crippen molar-refractivity contribution in [2.45, 2.75) is 6.42 Å². The molecule has 1 aliphatic rings. The minimum Gasteiger partial charge on any atom is -0.448 e. The molecule has 0 N–H and O–H groups in total. The topological polar surface area (TPSA) is 43.4 Å². The third-order valence-corrected chi connectivity index (χ3v) is 1.59. The van der Waals surface area contributed by atoms with Gasteiger partial charge < -0.3 is 4.74 Å². The zero-order valence-corrected chi connectivity index (χ0v) is 7.35. The number of halogens is 2. The first-order valence-corrected chi connectivity index (χ1v) is 3.84. The van der Waals surface area contributed by atoms with E-state index in [4.69, 9.17) is 27.9 Å². The van der Waals surface area contributed by atoms with E-state index in [1.54, 1.807) is 0 Å². The van der Waals surface area contributed by atoms with Gasteiger partial charge in [-0.1, -0.05) is 0 Å². The molecule has 0 aromatic heterocycles. The largest absolute Gasteiger partial charge is 0.448 e. The third kappa shape index (κ3) is 2.09. The number of hydrogen-bond donors (Lipinski definition) is 0. The highest BCUT2D eigenvalue weighted by Gasteiger charge is 2.17. The Morgan fingerprint density at radius 3 is 1.92 bits per heavy atom. The summed E-state index contributed by atoms with van der Waals surface area (Å²) in [5.74, 6) is -0.105. The van der Waals surface area contributed by atoms with Gasteiger partial charge in [-0.15, -0.1) is 0 Å². The molecule has 3 nitrogen and oxygen atoms in total. The molecule has 0 aromatic rings. The summed E-state index contributed by atoms with van der Waals surface area (Å²) in [7, 11) is 0.